The molecular formula is C17H19N4O. The Balaban J connectivity index is 1.71. The predicted octanol–water partition coefficient (Wildman–Crippen LogP) is 1.54. The minimum atomic E-state index is -0.603. The Bertz CT molecular complexity index is 672. The number of rotatable bonds is 4. The van der Waals surface area contributed by atoms with Crippen LogP contribution in [0.25, 0.3) is 0 Å². The summed E-state index contributed by atoms with van der Waals surface area (Å²) in [6.45, 7) is 4.86. The zero-order valence-corrected chi connectivity index (χ0v) is 12.6. The summed E-state index contributed by atoms with van der Waals surface area (Å²) in [4.78, 5) is 21.7. The van der Waals surface area contributed by atoms with Crippen molar-refractivity contribution in [2.75, 3.05) is 13.1 Å². The third-order valence-corrected chi connectivity index (χ3v) is 4.06. The number of carbonyl (C=O) groups excluding carboxylic acids is 1. The molecule has 0 saturated carbocycles. The summed E-state index contributed by atoms with van der Waals surface area (Å²) in [7, 11) is 0. The van der Waals surface area contributed by atoms with Crippen LogP contribution in [0.15, 0.2) is 30.3 Å². The third-order valence-electron chi connectivity index (χ3n) is 4.06. The van der Waals surface area contributed by atoms with E-state index < -0.39 is 5.91 Å². The second-order valence-electron chi connectivity index (χ2n) is 5.75. The first-order chi connectivity index (χ1) is 10.6. The van der Waals surface area contributed by atoms with Gasteiger partial charge in [-0.1, -0.05) is 37.3 Å². The van der Waals surface area contributed by atoms with Crippen molar-refractivity contribution in [2.24, 2.45) is 5.73 Å². The van der Waals surface area contributed by atoms with Crippen molar-refractivity contribution in [3.8, 4) is 0 Å². The average Bonchev–Trinajstić information content (AvgIpc) is 2.55. The Morgan fingerprint density at radius 2 is 2.18 bits per heavy atom. The number of fused-ring (bicyclic) bond motifs is 1. The van der Waals surface area contributed by atoms with Crippen molar-refractivity contribution in [1.82, 2.24) is 14.9 Å². The van der Waals surface area contributed by atoms with Crippen molar-refractivity contribution < 1.29 is 4.79 Å². The largest absolute Gasteiger partial charge is 0.363 e. The first-order valence-corrected chi connectivity index (χ1v) is 7.48. The van der Waals surface area contributed by atoms with Gasteiger partial charge in [0.25, 0.3) is 5.91 Å². The maximum absolute atomic E-state index is 11.2. The van der Waals surface area contributed by atoms with Crippen LogP contribution in [-0.2, 0) is 13.0 Å². The maximum Gasteiger partial charge on any atom is 0.286 e. The minimum Gasteiger partial charge on any atom is -0.363 e. The van der Waals surface area contributed by atoms with Gasteiger partial charge in [0.2, 0.25) is 5.82 Å². The van der Waals surface area contributed by atoms with E-state index in [0.717, 1.165) is 30.8 Å². The van der Waals surface area contributed by atoms with Gasteiger partial charge in [0, 0.05) is 25.2 Å². The fraction of sp³-hybridized carbons (Fsp3) is 0.353. The SMILES string of the molecule is CC(CN1CCc2[c]nc(C(N)=O)nc2C1)c1ccccc1. The normalized spacial score (nSPS) is 16.0. The number of benzene rings is 1. The van der Waals surface area contributed by atoms with E-state index in [9.17, 15) is 4.79 Å². The highest BCUT2D eigenvalue weighted by molar-refractivity contribution is 5.88. The second kappa shape index (κ2) is 6.23. The Hall–Kier alpha value is -2.27. The number of hydrogen-bond acceptors (Lipinski definition) is 4. The molecule has 3 rings (SSSR count). The molecule has 1 aliphatic rings. The zero-order valence-electron chi connectivity index (χ0n) is 12.6. The van der Waals surface area contributed by atoms with Gasteiger partial charge in [-0.15, -0.1) is 0 Å². The second-order valence-corrected chi connectivity index (χ2v) is 5.75. The molecule has 1 amide bonds. The molecule has 1 radical (unpaired) electrons. The number of aromatic nitrogens is 2. The van der Waals surface area contributed by atoms with Gasteiger partial charge in [0.05, 0.1) is 11.9 Å². The number of amides is 1. The topological polar surface area (TPSA) is 72.1 Å². The van der Waals surface area contributed by atoms with Crippen LogP contribution in [0.1, 0.15) is 40.3 Å². The summed E-state index contributed by atoms with van der Waals surface area (Å²) in [5.74, 6) is -0.102. The van der Waals surface area contributed by atoms with E-state index in [1.807, 2.05) is 6.07 Å². The van der Waals surface area contributed by atoms with Crippen LogP contribution < -0.4 is 5.73 Å². The first-order valence-electron chi connectivity index (χ1n) is 7.48. The van der Waals surface area contributed by atoms with Crippen LogP contribution in [0, 0.1) is 6.20 Å². The van der Waals surface area contributed by atoms with E-state index in [4.69, 9.17) is 5.73 Å². The van der Waals surface area contributed by atoms with Gasteiger partial charge >= 0.3 is 0 Å². The highest BCUT2D eigenvalue weighted by atomic mass is 16.1. The molecule has 2 heterocycles. The highest BCUT2D eigenvalue weighted by Gasteiger charge is 2.21. The lowest BCUT2D eigenvalue weighted by Crippen LogP contribution is -2.34. The van der Waals surface area contributed by atoms with Gasteiger partial charge in [-0.2, -0.15) is 0 Å². The summed E-state index contributed by atoms with van der Waals surface area (Å²) in [5, 5.41) is 0. The standard InChI is InChI=1S/C17H19N4O/c1-12(13-5-3-2-4-6-13)10-21-8-7-14-9-19-17(16(18)22)20-15(14)11-21/h2-6,12H,7-8,10-11H2,1H3,(H2,18,22). The first kappa shape index (κ1) is 14.7. The lowest BCUT2D eigenvalue weighted by molar-refractivity contribution is 0.0989. The van der Waals surface area contributed by atoms with Gasteiger partial charge in [0.1, 0.15) is 0 Å². The smallest absolute Gasteiger partial charge is 0.286 e. The van der Waals surface area contributed by atoms with E-state index in [-0.39, 0.29) is 5.82 Å². The van der Waals surface area contributed by atoms with Crippen LogP contribution in [0.3, 0.4) is 0 Å². The fourth-order valence-corrected chi connectivity index (χ4v) is 2.84. The van der Waals surface area contributed by atoms with Gasteiger partial charge < -0.3 is 5.73 Å². The molecule has 0 fully saturated rings. The Kier molecular flexibility index (Phi) is 4.15. The number of hydrogen-bond donors (Lipinski definition) is 1. The molecule has 1 aromatic carbocycles. The number of nitrogens with zero attached hydrogens (tertiary/aromatic N) is 3. The van der Waals surface area contributed by atoms with E-state index in [2.05, 4.69) is 52.3 Å². The molecule has 0 saturated heterocycles. The number of carbonyl (C=O) groups is 1. The van der Waals surface area contributed by atoms with E-state index in [1.165, 1.54) is 5.56 Å². The summed E-state index contributed by atoms with van der Waals surface area (Å²) in [6, 6.07) is 10.5. The van der Waals surface area contributed by atoms with Gasteiger partial charge in [-0.05, 0) is 17.9 Å². The van der Waals surface area contributed by atoms with Gasteiger partial charge in [-0.25, -0.2) is 9.97 Å². The Morgan fingerprint density at radius 1 is 1.41 bits per heavy atom. The zero-order chi connectivity index (χ0) is 15.5. The molecule has 5 nitrogen and oxygen atoms in total. The monoisotopic (exact) mass is 295 g/mol. The summed E-state index contributed by atoms with van der Waals surface area (Å²) >= 11 is 0. The molecule has 113 valence electrons. The molecule has 0 aliphatic carbocycles. The molecule has 0 bridgehead atoms. The van der Waals surface area contributed by atoms with E-state index in [0.29, 0.717) is 12.5 Å². The van der Waals surface area contributed by atoms with Crippen LogP contribution in [0.2, 0.25) is 0 Å². The molecule has 1 atom stereocenters. The fourth-order valence-electron chi connectivity index (χ4n) is 2.84. The van der Waals surface area contributed by atoms with Gasteiger partial charge in [0.15, 0.2) is 0 Å². The Morgan fingerprint density at radius 3 is 2.91 bits per heavy atom. The maximum atomic E-state index is 11.2. The van der Waals surface area contributed by atoms with Crippen molar-refractivity contribution in [1.29, 1.82) is 0 Å². The van der Waals surface area contributed by atoms with Crippen LogP contribution in [-0.4, -0.2) is 33.9 Å². The summed E-state index contributed by atoms with van der Waals surface area (Å²) in [6.07, 6.45) is 3.76. The summed E-state index contributed by atoms with van der Waals surface area (Å²) in [5.41, 5.74) is 8.44. The van der Waals surface area contributed by atoms with E-state index >= 15 is 0 Å². The molecule has 1 aliphatic heterocycles. The number of primary amides is 1. The number of nitrogens with two attached hydrogens (primary N) is 1. The molecule has 2 N–H and O–H groups in total. The molecule has 22 heavy (non-hydrogen) atoms. The molecule has 1 unspecified atom stereocenters. The molecule has 5 heteroatoms. The lowest BCUT2D eigenvalue weighted by atomic mass is 9.99. The predicted molar refractivity (Wildman–Crippen MR) is 83.2 cm³/mol. The highest BCUT2D eigenvalue weighted by Crippen LogP contribution is 2.21. The van der Waals surface area contributed by atoms with Crippen molar-refractivity contribution in [3.63, 3.8) is 0 Å². The quantitative estimate of drug-likeness (QED) is 0.928. The molecule has 0 spiro atoms. The van der Waals surface area contributed by atoms with E-state index in [1.54, 1.807) is 0 Å². The lowest BCUT2D eigenvalue weighted by Gasteiger charge is -2.30. The van der Waals surface area contributed by atoms with Crippen molar-refractivity contribution >= 4 is 5.91 Å². The molecular weight excluding hydrogens is 276 g/mol. The molecule has 2 aromatic rings. The van der Waals surface area contributed by atoms with Crippen LogP contribution in [0.4, 0.5) is 0 Å². The third kappa shape index (κ3) is 3.14. The van der Waals surface area contributed by atoms with Crippen LogP contribution >= 0.6 is 0 Å². The van der Waals surface area contributed by atoms with Gasteiger partial charge in [-0.3, -0.25) is 9.69 Å². The average molecular weight is 295 g/mol. The molecule has 1 aromatic heterocycles. The van der Waals surface area contributed by atoms with Crippen molar-refractivity contribution in [3.05, 3.63) is 59.2 Å². The Labute approximate surface area is 130 Å². The van der Waals surface area contributed by atoms with Crippen molar-refractivity contribution in [2.45, 2.75) is 25.8 Å². The minimum absolute atomic E-state index is 0.0525. The summed E-state index contributed by atoms with van der Waals surface area (Å²) < 4.78 is 0. The van der Waals surface area contributed by atoms with Crippen LogP contribution in [0.5, 0.6) is 0 Å².